The summed E-state index contributed by atoms with van der Waals surface area (Å²) >= 11 is -3.76. The van der Waals surface area contributed by atoms with Crippen LogP contribution in [0.3, 0.4) is 0 Å². The maximum atomic E-state index is 8.68. The number of hydrogen-bond donors (Lipinski definition) is 1. The molecule has 0 aliphatic heterocycles. The van der Waals surface area contributed by atoms with Crippen LogP contribution in [0.1, 0.15) is 0 Å². The molecule has 0 amide bonds. The van der Waals surface area contributed by atoms with Gasteiger partial charge in [-0.15, -0.1) is 0 Å². The molecule has 32 valence electrons. The summed E-state index contributed by atoms with van der Waals surface area (Å²) in [6.45, 7) is 0. The fraction of sp³-hybridized carbons (Fsp3) is 0. The summed E-state index contributed by atoms with van der Waals surface area (Å²) in [5.74, 6) is 0. The minimum Gasteiger partial charge on any atom is -0.396 e. The first-order valence-electron chi connectivity index (χ1n) is 0.478. The van der Waals surface area contributed by atoms with Crippen molar-refractivity contribution in [2.24, 2.45) is 0 Å². The minimum atomic E-state index is -3.76. The summed E-state index contributed by atoms with van der Waals surface area (Å²) in [4.78, 5) is 0. The van der Waals surface area contributed by atoms with Crippen LogP contribution in [-0.2, 0) is 0 Å². The molecule has 0 aliphatic rings. The van der Waals surface area contributed by atoms with Crippen LogP contribution in [0.25, 0.3) is 0 Å². The van der Waals surface area contributed by atoms with E-state index >= 15 is 0 Å². The Bertz CT molecular complexity index is 15.5. The molecule has 3 nitrogen and oxygen atoms in total. The summed E-state index contributed by atoms with van der Waals surface area (Å²) < 4.78 is 24.5. The van der Waals surface area contributed by atoms with Crippen LogP contribution in [0.5, 0.6) is 0 Å². The minimum absolute atomic E-state index is 0. The second-order valence-corrected chi connectivity index (χ2v) is 1.35. The van der Waals surface area contributed by atoms with Crippen molar-refractivity contribution in [1.29, 1.82) is 0 Å². The smallest absolute Gasteiger partial charge is 0.396 e. The SMILES string of the molecule is [Bi].[O-][I+2]([O-])O.[Rb]. The van der Waals surface area contributed by atoms with Gasteiger partial charge in [0.05, 0.1) is 0 Å². The van der Waals surface area contributed by atoms with Crippen molar-refractivity contribution in [3.63, 3.8) is 0 Å². The molecular formula is HBiIO3Rb. The molecule has 0 fully saturated rings. The molecule has 1 N–H and O–H groups in total. The van der Waals surface area contributed by atoms with Gasteiger partial charge in [-0.2, -0.15) is 0 Å². The van der Waals surface area contributed by atoms with Gasteiger partial charge < -0.3 is 6.87 Å². The Morgan fingerprint density at radius 1 is 1.33 bits per heavy atom. The molecule has 0 aliphatic carbocycles. The largest absolute Gasteiger partial charge is 0.503 e. The summed E-state index contributed by atoms with van der Waals surface area (Å²) in [6, 6.07) is 0. The van der Waals surface area contributed by atoms with E-state index in [1.807, 2.05) is 0 Å². The number of halogens is 1. The van der Waals surface area contributed by atoms with Gasteiger partial charge in [-0.3, -0.25) is 0 Å². The average Bonchev–Trinajstić information content (AvgIpc) is 0.811. The Labute approximate surface area is 112 Å². The van der Waals surface area contributed by atoms with Gasteiger partial charge in [0.25, 0.3) is 0 Å². The van der Waals surface area contributed by atoms with E-state index in [1.54, 1.807) is 0 Å². The maximum Gasteiger partial charge on any atom is 0.503 e. The summed E-state index contributed by atoms with van der Waals surface area (Å²) in [5, 5.41) is 0. The third-order valence-corrected chi connectivity index (χ3v) is 0. The molecule has 0 saturated carbocycles. The Hall–Kier alpha value is 3.30. The first-order valence-corrected chi connectivity index (χ1v) is 3.20. The second-order valence-electron chi connectivity index (χ2n) is 0.201. The third-order valence-electron chi connectivity index (χ3n) is 0. The number of hydrogen-bond acceptors (Lipinski definition) is 3. The van der Waals surface area contributed by atoms with Crippen molar-refractivity contribution in [1.82, 2.24) is 0 Å². The quantitative estimate of drug-likeness (QED) is 0.283. The molecule has 6 heavy (non-hydrogen) atoms. The van der Waals surface area contributed by atoms with Crippen molar-refractivity contribution in [3.8, 4) is 0 Å². The predicted molar refractivity (Wildman–Crippen MR) is 13.7 cm³/mol. The van der Waals surface area contributed by atoms with Gasteiger partial charge >= 0.3 is 21.1 Å². The Kier molecular flexibility index (Phi) is 30.0. The van der Waals surface area contributed by atoms with Crippen molar-refractivity contribution in [2.45, 2.75) is 0 Å². The van der Waals surface area contributed by atoms with Gasteiger partial charge in [0.15, 0.2) is 0 Å². The molecule has 0 rings (SSSR count). The molecule has 6 heteroatoms. The zero-order chi connectivity index (χ0) is 3.58. The molecule has 0 heterocycles. The van der Waals surface area contributed by atoms with Gasteiger partial charge in [0.1, 0.15) is 0 Å². The molecule has 0 atom stereocenters. The molecule has 0 bridgehead atoms. The molecule has 0 aromatic heterocycles. The molecule has 0 aromatic carbocycles. The van der Waals surface area contributed by atoms with Crippen LogP contribution >= 0.6 is 0 Å². The van der Waals surface area contributed by atoms with E-state index in [0.29, 0.717) is 0 Å². The summed E-state index contributed by atoms with van der Waals surface area (Å²) in [6.07, 6.45) is 0. The predicted octanol–water partition coefficient (Wildman–Crippen LogP) is -6.69. The van der Waals surface area contributed by atoms with E-state index in [0.717, 1.165) is 0 Å². The van der Waals surface area contributed by atoms with Gasteiger partial charge in [-0.25, -0.2) is 0 Å². The molecular weight excluding hydrogens is 469 g/mol. The van der Waals surface area contributed by atoms with E-state index < -0.39 is 21.1 Å². The van der Waals surface area contributed by atoms with Crippen LogP contribution in [0.2, 0.25) is 0 Å². The Morgan fingerprint density at radius 2 is 1.33 bits per heavy atom. The summed E-state index contributed by atoms with van der Waals surface area (Å²) in [5.41, 5.74) is 0. The third kappa shape index (κ3) is 26.6. The van der Waals surface area contributed by atoms with E-state index in [4.69, 9.17) is 10.3 Å². The van der Waals surface area contributed by atoms with E-state index in [1.165, 1.54) is 0 Å². The average molecular weight is 470 g/mol. The van der Waals surface area contributed by atoms with Crippen molar-refractivity contribution in [3.05, 3.63) is 0 Å². The van der Waals surface area contributed by atoms with E-state index in [9.17, 15) is 0 Å². The van der Waals surface area contributed by atoms with Crippen LogP contribution in [0, 0.1) is 0 Å². The van der Waals surface area contributed by atoms with Gasteiger partial charge in [-0.05, 0) is 3.44 Å². The van der Waals surface area contributed by atoms with Crippen LogP contribution < -0.4 is 27.9 Å². The molecule has 0 unspecified atom stereocenters. The fourth-order valence-electron chi connectivity index (χ4n) is 0. The second kappa shape index (κ2) is 11.1. The monoisotopic (exact) mass is 470 g/mol. The van der Waals surface area contributed by atoms with Crippen LogP contribution in [0.15, 0.2) is 0 Å². The number of rotatable bonds is 0. The standard InChI is InChI=1S/Bi.HIO3.Rb/c;2-1(3)4;/h;2H;. The normalized spacial score (nSPS) is 6.00. The molecule has 0 spiro atoms. The fourth-order valence-corrected chi connectivity index (χ4v) is 0. The zero-order valence-electron chi connectivity index (χ0n) is 3.09. The molecule has 0 saturated heterocycles. The molecule has 4 radical (unpaired) electrons. The Morgan fingerprint density at radius 3 is 1.33 bits per heavy atom. The molecule has 0 aromatic rings. The van der Waals surface area contributed by atoms with Gasteiger partial charge in [0, 0.05) is 84.4 Å². The van der Waals surface area contributed by atoms with Crippen molar-refractivity contribution < 1.29 is 31.4 Å². The van der Waals surface area contributed by atoms with Crippen molar-refractivity contribution >= 4 is 84.4 Å². The summed E-state index contributed by atoms with van der Waals surface area (Å²) in [7, 11) is 0. The van der Waals surface area contributed by atoms with Gasteiger partial charge in [-0.1, -0.05) is 0 Å². The van der Waals surface area contributed by atoms with Crippen molar-refractivity contribution in [2.75, 3.05) is 0 Å². The topological polar surface area (TPSA) is 66.3 Å². The van der Waals surface area contributed by atoms with E-state index in [-0.39, 0.29) is 84.4 Å². The first-order chi connectivity index (χ1) is 1.73. The van der Waals surface area contributed by atoms with Crippen LogP contribution in [0.4, 0.5) is 0 Å². The first kappa shape index (κ1) is 16.1. The maximum absolute atomic E-state index is 8.68. The van der Waals surface area contributed by atoms with Crippen LogP contribution in [-0.4, -0.2) is 87.8 Å². The zero-order valence-corrected chi connectivity index (χ0v) is 13.6. The van der Waals surface area contributed by atoms with E-state index in [2.05, 4.69) is 0 Å². The Balaban J connectivity index is -0.0000000450. The van der Waals surface area contributed by atoms with Gasteiger partial charge in [0.2, 0.25) is 0 Å².